The van der Waals surface area contributed by atoms with Gasteiger partial charge in [-0.1, -0.05) is 0 Å². The van der Waals surface area contributed by atoms with Crippen molar-refractivity contribution in [3.63, 3.8) is 0 Å². The third kappa shape index (κ3) is 6.48. The fourth-order valence-corrected chi connectivity index (χ4v) is 1.93. The number of ether oxygens (including phenoxy) is 2. The molecular weight excluding hydrogens is 300 g/mol. The predicted octanol–water partition coefficient (Wildman–Crippen LogP) is 1.30. The van der Waals surface area contributed by atoms with Gasteiger partial charge in [0.05, 0.1) is 19.2 Å². The first-order valence-electron chi connectivity index (χ1n) is 7.20. The van der Waals surface area contributed by atoms with E-state index in [0.717, 1.165) is 0 Å². The number of rotatable bonds is 8. The second-order valence-electron chi connectivity index (χ2n) is 4.90. The van der Waals surface area contributed by atoms with Gasteiger partial charge in [0.25, 0.3) is 0 Å². The zero-order valence-corrected chi connectivity index (χ0v) is 13.6. The molecule has 1 N–H and O–H groups in total. The van der Waals surface area contributed by atoms with Crippen molar-refractivity contribution in [2.24, 2.45) is 0 Å². The minimum absolute atomic E-state index is 0.0300. The molecule has 1 aromatic carbocycles. The van der Waals surface area contributed by atoms with Gasteiger partial charge in [-0.05, 0) is 30.7 Å². The molecule has 0 spiro atoms. The van der Waals surface area contributed by atoms with E-state index in [1.807, 2.05) is 0 Å². The minimum Gasteiger partial charge on any atom is -0.465 e. The summed E-state index contributed by atoms with van der Waals surface area (Å²) >= 11 is 0. The molecule has 0 aromatic heterocycles. The number of hydrogen-bond donors (Lipinski definition) is 1. The number of carbonyl (C=O) groups excluding carboxylic acids is 3. The van der Waals surface area contributed by atoms with E-state index in [0.29, 0.717) is 30.8 Å². The SMILES string of the molecule is COCCCN(CC(=O)Nc1ccc(C(=O)OC)cc1)C(C)=O. The topological polar surface area (TPSA) is 84.9 Å². The highest BCUT2D eigenvalue weighted by Gasteiger charge is 2.13. The average Bonchev–Trinajstić information content (AvgIpc) is 2.54. The number of benzene rings is 1. The molecule has 0 radical (unpaired) electrons. The van der Waals surface area contributed by atoms with Crippen LogP contribution in [0.15, 0.2) is 24.3 Å². The molecule has 1 rings (SSSR count). The van der Waals surface area contributed by atoms with Gasteiger partial charge < -0.3 is 19.7 Å². The third-order valence-corrected chi connectivity index (χ3v) is 3.15. The number of carbonyl (C=O) groups is 3. The zero-order valence-electron chi connectivity index (χ0n) is 13.6. The highest BCUT2D eigenvalue weighted by atomic mass is 16.5. The number of hydrogen-bond acceptors (Lipinski definition) is 5. The van der Waals surface area contributed by atoms with E-state index in [9.17, 15) is 14.4 Å². The minimum atomic E-state index is -0.441. The normalized spacial score (nSPS) is 10.0. The molecule has 0 atom stereocenters. The van der Waals surface area contributed by atoms with Gasteiger partial charge in [-0.2, -0.15) is 0 Å². The van der Waals surface area contributed by atoms with Crippen LogP contribution in [0.25, 0.3) is 0 Å². The molecule has 0 bridgehead atoms. The molecule has 2 amide bonds. The lowest BCUT2D eigenvalue weighted by Crippen LogP contribution is -2.37. The second kappa shape index (κ2) is 9.58. The maximum atomic E-state index is 12.0. The Morgan fingerprint density at radius 3 is 2.30 bits per heavy atom. The van der Waals surface area contributed by atoms with Crippen LogP contribution in [0.3, 0.4) is 0 Å². The van der Waals surface area contributed by atoms with Gasteiger partial charge in [-0.3, -0.25) is 9.59 Å². The van der Waals surface area contributed by atoms with E-state index in [4.69, 9.17) is 4.74 Å². The maximum Gasteiger partial charge on any atom is 0.337 e. The van der Waals surface area contributed by atoms with E-state index >= 15 is 0 Å². The number of nitrogens with one attached hydrogen (secondary N) is 1. The summed E-state index contributed by atoms with van der Waals surface area (Å²) in [6, 6.07) is 6.33. The summed E-state index contributed by atoms with van der Waals surface area (Å²) in [5.41, 5.74) is 0.943. The summed E-state index contributed by atoms with van der Waals surface area (Å²) in [7, 11) is 2.89. The van der Waals surface area contributed by atoms with Crippen molar-refractivity contribution >= 4 is 23.5 Å². The molecule has 0 saturated carbocycles. The molecule has 0 aliphatic carbocycles. The van der Waals surface area contributed by atoms with E-state index in [2.05, 4.69) is 10.1 Å². The van der Waals surface area contributed by atoms with Gasteiger partial charge in [0.1, 0.15) is 0 Å². The number of esters is 1. The van der Waals surface area contributed by atoms with Crippen LogP contribution < -0.4 is 5.32 Å². The van der Waals surface area contributed by atoms with Gasteiger partial charge in [0.2, 0.25) is 11.8 Å². The third-order valence-electron chi connectivity index (χ3n) is 3.15. The Bertz CT molecular complexity index is 542. The second-order valence-corrected chi connectivity index (χ2v) is 4.90. The molecule has 1 aromatic rings. The summed E-state index contributed by atoms with van der Waals surface area (Å²) in [5, 5.41) is 2.69. The highest BCUT2D eigenvalue weighted by Crippen LogP contribution is 2.10. The molecule has 7 heteroatoms. The summed E-state index contributed by atoms with van der Waals surface area (Å²) in [6.45, 7) is 2.38. The first kappa shape index (κ1) is 18.6. The van der Waals surface area contributed by atoms with Crippen LogP contribution in [0.2, 0.25) is 0 Å². The standard InChI is InChI=1S/C16H22N2O5/c1-12(19)18(9-4-10-22-2)11-15(20)17-14-7-5-13(6-8-14)16(21)23-3/h5-8H,4,9-11H2,1-3H3,(H,17,20). The van der Waals surface area contributed by atoms with Crippen molar-refractivity contribution in [3.05, 3.63) is 29.8 Å². The maximum absolute atomic E-state index is 12.0. The molecule has 0 heterocycles. The van der Waals surface area contributed by atoms with Gasteiger partial charge in [0, 0.05) is 32.9 Å². The molecule has 0 saturated heterocycles. The van der Waals surface area contributed by atoms with Crippen LogP contribution in [0.5, 0.6) is 0 Å². The summed E-state index contributed by atoms with van der Waals surface area (Å²) < 4.78 is 9.54. The first-order chi connectivity index (χ1) is 11.0. The van der Waals surface area contributed by atoms with Gasteiger partial charge in [-0.25, -0.2) is 4.79 Å². The van der Waals surface area contributed by atoms with Crippen molar-refractivity contribution in [2.75, 3.05) is 39.2 Å². The van der Waals surface area contributed by atoms with E-state index in [-0.39, 0.29) is 18.4 Å². The average molecular weight is 322 g/mol. The van der Waals surface area contributed by atoms with Crippen molar-refractivity contribution in [1.82, 2.24) is 4.90 Å². The molecule has 7 nitrogen and oxygen atoms in total. The Labute approximate surface area is 135 Å². The lowest BCUT2D eigenvalue weighted by molar-refractivity contribution is -0.132. The van der Waals surface area contributed by atoms with Crippen molar-refractivity contribution in [3.8, 4) is 0 Å². The lowest BCUT2D eigenvalue weighted by Gasteiger charge is -2.20. The lowest BCUT2D eigenvalue weighted by atomic mass is 10.2. The Kier molecular flexibility index (Phi) is 7.76. The molecule has 0 aliphatic heterocycles. The Balaban J connectivity index is 2.56. The summed E-state index contributed by atoms with van der Waals surface area (Å²) in [4.78, 5) is 36.3. The van der Waals surface area contributed by atoms with Gasteiger partial charge >= 0.3 is 5.97 Å². The monoisotopic (exact) mass is 322 g/mol. The van der Waals surface area contributed by atoms with E-state index in [1.54, 1.807) is 31.4 Å². The number of amides is 2. The smallest absolute Gasteiger partial charge is 0.337 e. The molecular formula is C16H22N2O5. The molecule has 23 heavy (non-hydrogen) atoms. The van der Waals surface area contributed by atoms with Gasteiger partial charge in [0.15, 0.2) is 0 Å². The zero-order chi connectivity index (χ0) is 17.2. The van der Waals surface area contributed by atoms with Crippen molar-refractivity contribution in [2.45, 2.75) is 13.3 Å². The Morgan fingerprint density at radius 2 is 1.78 bits per heavy atom. The number of methoxy groups -OCH3 is 2. The molecule has 0 aliphatic rings. The van der Waals surface area contributed by atoms with Crippen LogP contribution in [0, 0.1) is 0 Å². The molecule has 126 valence electrons. The Hall–Kier alpha value is -2.41. The van der Waals surface area contributed by atoms with Crippen LogP contribution >= 0.6 is 0 Å². The number of nitrogens with zero attached hydrogens (tertiary/aromatic N) is 1. The Morgan fingerprint density at radius 1 is 1.13 bits per heavy atom. The quantitative estimate of drug-likeness (QED) is 0.576. The predicted molar refractivity (Wildman–Crippen MR) is 85.2 cm³/mol. The van der Waals surface area contributed by atoms with Gasteiger partial charge in [-0.15, -0.1) is 0 Å². The van der Waals surface area contributed by atoms with Crippen LogP contribution in [0.4, 0.5) is 5.69 Å². The first-order valence-corrected chi connectivity index (χ1v) is 7.20. The van der Waals surface area contributed by atoms with E-state index in [1.165, 1.54) is 18.9 Å². The van der Waals surface area contributed by atoms with Crippen LogP contribution in [-0.2, 0) is 19.1 Å². The highest BCUT2D eigenvalue weighted by molar-refractivity contribution is 5.95. The molecule has 0 unspecified atom stereocenters. The fourth-order valence-electron chi connectivity index (χ4n) is 1.93. The van der Waals surface area contributed by atoms with Crippen LogP contribution in [0.1, 0.15) is 23.7 Å². The fraction of sp³-hybridized carbons (Fsp3) is 0.438. The van der Waals surface area contributed by atoms with Crippen LogP contribution in [-0.4, -0.2) is 56.6 Å². The summed E-state index contributed by atoms with van der Waals surface area (Å²) in [5.74, 6) is -0.912. The summed E-state index contributed by atoms with van der Waals surface area (Å²) in [6.07, 6.45) is 0.664. The van der Waals surface area contributed by atoms with Crippen molar-refractivity contribution < 1.29 is 23.9 Å². The van der Waals surface area contributed by atoms with Crippen molar-refractivity contribution in [1.29, 1.82) is 0 Å². The number of anilines is 1. The van der Waals surface area contributed by atoms with E-state index < -0.39 is 5.97 Å². The largest absolute Gasteiger partial charge is 0.465 e. The molecule has 0 fully saturated rings.